The molecule has 0 spiro atoms. The van der Waals surface area contributed by atoms with Crippen LogP contribution in [0.2, 0.25) is 5.02 Å². The highest BCUT2D eigenvalue weighted by Crippen LogP contribution is 2.32. The molecular formula is C18H13ClF3N3O. The maximum absolute atomic E-state index is 12.6. The van der Waals surface area contributed by atoms with Gasteiger partial charge in [-0.05, 0) is 48.5 Å². The summed E-state index contributed by atoms with van der Waals surface area (Å²) in [6.45, 7) is 0. The van der Waals surface area contributed by atoms with Crippen molar-refractivity contribution in [1.29, 1.82) is 0 Å². The average molecular weight is 380 g/mol. The summed E-state index contributed by atoms with van der Waals surface area (Å²) < 4.78 is 43.0. The molecule has 0 saturated carbocycles. The molecule has 0 aliphatic rings. The molecule has 8 heteroatoms. The van der Waals surface area contributed by atoms with E-state index in [0.29, 0.717) is 27.7 Å². The fourth-order valence-corrected chi connectivity index (χ4v) is 2.48. The maximum atomic E-state index is 12.6. The number of halogens is 4. The topological polar surface area (TPSA) is 47.0 Å². The third kappa shape index (κ3) is 4.05. The van der Waals surface area contributed by atoms with Gasteiger partial charge in [-0.15, -0.1) is 0 Å². The van der Waals surface area contributed by atoms with Gasteiger partial charge in [0.05, 0.1) is 23.4 Å². The van der Waals surface area contributed by atoms with Crippen LogP contribution in [-0.4, -0.2) is 17.1 Å². The molecule has 0 unspecified atom stereocenters. The Bertz CT molecular complexity index is 914. The van der Waals surface area contributed by atoms with Crippen molar-refractivity contribution in [2.24, 2.45) is 0 Å². The highest BCUT2D eigenvalue weighted by molar-refractivity contribution is 6.33. The molecule has 2 aromatic carbocycles. The summed E-state index contributed by atoms with van der Waals surface area (Å²) in [5, 5.41) is 3.37. The minimum atomic E-state index is -4.38. The summed E-state index contributed by atoms with van der Waals surface area (Å²) in [7, 11) is 1.55. The van der Waals surface area contributed by atoms with Gasteiger partial charge in [-0.3, -0.25) is 0 Å². The number of alkyl halides is 3. The predicted octanol–water partition coefficient (Wildman–Crippen LogP) is 5.57. The third-order valence-electron chi connectivity index (χ3n) is 3.57. The molecule has 3 rings (SSSR count). The fourth-order valence-electron chi connectivity index (χ4n) is 2.27. The normalized spacial score (nSPS) is 11.3. The number of ether oxygens (including phenoxy) is 1. The number of nitrogens with one attached hydrogen (secondary N) is 1. The van der Waals surface area contributed by atoms with E-state index in [-0.39, 0.29) is 5.95 Å². The standard InChI is InChI=1S/C18H13ClF3N3O/c1-26-13-6-7-15(19)14(10-13)16-8-9-23-17(25-16)24-12-4-2-11(3-5-12)18(20,21)22/h2-10H,1H3,(H,23,24,25). The van der Waals surface area contributed by atoms with Gasteiger partial charge in [0.1, 0.15) is 5.75 Å². The number of nitrogens with zero attached hydrogens (tertiary/aromatic N) is 2. The van der Waals surface area contributed by atoms with E-state index in [1.165, 1.54) is 18.3 Å². The van der Waals surface area contributed by atoms with Crippen molar-refractivity contribution in [3.8, 4) is 17.0 Å². The van der Waals surface area contributed by atoms with Gasteiger partial charge in [0.2, 0.25) is 5.95 Å². The SMILES string of the molecule is COc1ccc(Cl)c(-c2ccnc(Nc3ccc(C(F)(F)F)cc3)n2)c1. The van der Waals surface area contributed by atoms with E-state index in [9.17, 15) is 13.2 Å². The van der Waals surface area contributed by atoms with E-state index in [0.717, 1.165) is 12.1 Å². The lowest BCUT2D eigenvalue weighted by Crippen LogP contribution is -2.04. The van der Waals surface area contributed by atoms with E-state index in [1.54, 1.807) is 31.4 Å². The van der Waals surface area contributed by atoms with E-state index in [4.69, 9.17) is 16.3 Å². The number of anilines is 2. The van der Waals surface area contributed by atoms with Crippen LogP contribution in [0.15, 0.2) is 54.7 Å². The maximum Gasteiger partial charge on any atom is 0.416 e. The Morgan fingerprint density at radius 2 is 1.77 bits per heavy atom. The van der Waals surface area contributed by atoms with Crippen LogP contribution in [0.1, 0.15) is 5.56 Å². The number of hydrogen-bond donors (Lipinski definition) is 1. The molecule has 0 aliphatic heterocycles. The second kappa shape index (κ2) is 7.21. The molecule has 0 atom stereocenters. The molecule has 1 N–H and O–H groups in total. The summed E-state index contributed by atoms with van der Waals surface area (Å²) in [4.78, 5) is 8.45. The minimum absolute atomic E-state index is 0.237. The lowest BCUT2D eigenvalue weighted by atomic mass is 10.1. The molecule has 0 aliphatic carbocycles. The van der Waals surface area contributed by atoms with Crippen molar-refractivity contribution < 1.29 is 17.9 Å². The third-order valence-corrected chi connectivity index (χ3v) is 3.90. The summed E-state index contributed by atoms with van der Waals surface area (Å²) in [6.07, 6.45) is -2.84. The van der Waals surface area contributed by atoms with Gasteiger partial charge in [0.25, 0.3) is 0 Å². The molecule has 1 heterocycles. The van der Waals surface area contributed by atoms with Crippen LogP contribution in [0.3, 0.4) is 0 Å². The summed E-state index contributed by atoms with van der Waals surface area (Å²) in [6, 6.07) is 11.5. The number of aromatic nitrogens is 2. The highest BCUT2D eigenvalue weighted by atomic mass is 35.5. The van der Waals surface area contributed by atoms with E-state index in [2.05, 4.69) is 15.3 Å². The lowest BCUT2D eigenvalue weighted by Gasteiger charge is -2.10. The summed E-state index contributed by atoms with van der Waals surface area (Å²) in [5.41, 5.74) is 0.926. The van der Waals surface area contributed by atoms with E-state index < -0.39 is 11.7 Å². The predicted molar refractivity (Wildman–Crippen MR) is 93.8 cm³/mol. The van der Waals surface area contributed by atoms with Crippen LogP contribution in [0.5, 0.6) is 5.75 Å². The lowest BCUT2D eigenvalue weighted by molar-refractivity contribution is -0.137. The molecule has 26 heavy (non-hydrogen) atoms. The number of benzene rings is 2. The molecule has 0 saturated heterocycles. The Hall–Kier alpha value is -2.80. The first kappa shape index (κ1) is 18.0. The average Bonchev–Trinajstić information content (AvgIpc) is 2.62. The van der Waals surface area contributed by atoms with Crippen LogP contribution >= 0.6 is 11.6 Å². The first-order valence-corrected chi connectivity index (χ1v) is 7.86. The van der Waals surface area contributed by atoms with Crippen molar-refractivity contribution in [3.63, 3.8) is 0 Å². The molecule has 0 fully saturated rings. The van der Waals surface area contributed by atoms with Crippen LogP contribution in [0.25, 0.3) is 11.3 Å². The Kier molecular flexibility index (Phi) is 4.99. The van der Waals surface area contributed by atoms with Crippen LogP contribution in [0, 0.1) is 0 Å². The zero-order chi connectivity index (χ0) is 18.7. The van der Waals surface area contributed by atoms with Crippen LogP contribution < -0.4 is 10.1 Å². The second-order valence-electron chi connectivity index (χ2n) is 5.31. The van der Waals surface area contributed by atoms with Crippen molar-refractivity contribution in [2.75, 3.05) is 12.4 Å². The van der Waals surface area contributed by atoms with Gasteiger partial charge in [-0.1, -0.05) is 11.6 Å². The summed E-state index contributed by atoms with van der Waals surface area (Å²) >= 11 is 6.22. The van der Waals surface area contributed by atoms with Gasteiger partial charge in [0.15, 0.2) is 0 Å². The quantitative estimate of drug-likeness (QED) is 0.644. The highest BCUT2D eigenvalue weighted by Gasteiger charge is 2.29. The van der Waals surface area contributed by atoms with Gasteiger partial charge in [0, 0.05) is 17.4 Å². The molecule has 3 aromatic rings. The van der Waals surface area contributed by atoms with Gasteiger partial charge in [-0.2, -0.15) is 13.2 Å². The minimum Gasteiger partial charge on any atom is -0.497 e. The number of methoxy groups -OCH3 is 1. The Morgan fingerprint density at radius 3 is 2.42 bits per heavy atom. The van der Waals surface area contributed by atoms with E-state index >= 15 is 0 Å². The van der Waals surface area contributed by atoms with Gasteiger partial charge in [-0.25, -0.2) is 9.97 Å². The molecule has 0 bridgehead atoms. The molecule has 1 aromatic heterocycles. The van der Waals surface area contributed by atoms with Crippen LogP contribution in [0.4, 0.5) is 24.8 Å². The number of rotatable bonds is 4. The van der Waals surface area contributed by atoms with Gasteiger partial charge < -0.3 is 10.1 Å². The molecule has 4 nitrogen and oxygen atoms in total. The van der Waals surface area contributed by atoms with Crippen molar-refractivity contribution in [1.82, 2.24) is 9.97 Å². The molecular weight excluding hydrogens is 367 g/mol. The zero-order valence-electron chi connectivity index (χ0n) is 13.5. The monoisotopic (exact) mass is 379 g/mol. The fraction of sp³-hybridized carbons (Fsp3) is 0.111. The van der Waals surface area contributed by atoms with Crippen molar-refractivity contribution >= 4 is 23.2 Å². The molecule has 134 valence electrons. The first-order chi connectivity index (χ1) is 12.4. The molecule has 0 amide bonds. The Balaban J connectivity index is 1.86. The number of hydrogen-bond acceptors (Lipinski definition) is 4. The second-order valence-corrected chi connectivity index (χ2v) is 5.72. The zero-order valence-corrected chi connectivity index (χ0v) is 14.3. The molecule has 0 radical (unpaired) electrons. The Morgan fingerprint density at radius 1 is 1.04 bits per heavy atom. The largest absolute Gasteiger partial charge is 0.497 e. The first-order valence-electron chi connectivity index (χ1n) is 7.48. The summed E-state index contributed by atoms with van der Waals surface area (Å²) in [5.74, 6) is 0.862. The van der Waals surface area contributed by atoms with Crippen molar-refractivity contribution in [2.45, 2.75) is 6.18 Å². The van der Waals surface area contributed by atoms with E-state index in [1.807, 2.05) is 0 Å². The Labute approximate surface area is 152 Å². The van der Waals surface area contributed by atoms with Crippen molar-refractivity contribution in [3.05, 3.63) is 65.3 Å². The van der Waals surface area contributed by atoms with Gasteiger partial charge >= 0.3 is 6.18 Å². The smallest absolute Gasteiger partial charge is 0.416 e. The van der Waals surface area contributed by atoms with Crippen LogP contribution in [-0.2, 0) is 6.18 Å².